The zero-order valence-electron chi connectivity index (χ0n) is 20.1. The second-order valence-corrected chi connectivity index (χ2v) is 8.60. The normalized spacial score (nSPS) is 11.3. The lowest BCUT2D eigenvalue weighted by molar-refractivity contribution is -0.141. The van der Waals surface area contributed by atoms with Gasteiger partial charge in [-0.2, -0.15) is 18.4 Å². The summed E-state index contributed by atoms with van der Waals surface area (Å²) in [7, 11) is 1.32. The molecule has 0 saturated carbocycles. The number of benzene rings is 2. The van der Waals surface area contributed by atoms with Crippen LogP contribution >= 0.6 is 11.6 Å². The number of nitrogens with zero attached hydrogens (tertiary/aromatic N) is 3. The van der Waals surface area contributed by atoms with E-state index < -0.39 is 23.6 Å². The number of para-hydroxylation sites is 1. The van der Waals surface area contributed by atoms with E-state index >= 15 is 0 Å². The number of oxazole rings is 1. The smallest absolute Gasteiger partial charge is 0.433 e. The standard InChI is InChI=1S/C26H18ClF3N4O5/c1-38-21-9-17(27)14(16-11-33-22(26(28,29)30)7-13(16)10-31)8-15(21)20(35)12-32-18-3-2-4-19-25(18)39-23(34-19)5-6-24(36)37/h2-4,7-9,11,32H,5-6,12H2,1H3,(H,36,37). The number of carboxylic acids is 1. The molecule has 0 aliphatic carbocycles. The van der Waals surface area contributed by atoms with Gasteiger partial charge in [0.2, 0.25) is 0 Å². The van der Waals surface area contributed by atoms with Crippen molar-refractivity contribution >= 4 is 40.1 Å². The average Bonchev–Trinajstić information content (AvgIpc) is 3.33. The third kappa shape index (κ3) is 5.94. The van der Waals surface area contributed by atoms with Crippen molar-refractivity contribution in [1.29, 1.82) is 5.26 Å². The molecule has 9 nitrogen and oxygen atoms in total. The molecule has 2 aromatic carbocycles. The molecular weight excluding hydrogens is 541 g/mol. The van der Waals surface area contributed by atoms with Crippen LogP contribution in [0.25, 0.3) is 22.2 Å². The van der Waals surface area contributed by atoms with Crippen molar-refractivity contribution in [3.63, 3.8) is 0 Å². The zero-order valence-corrected chi connectivity index (χ0v) is 20.9. The summed E-state index contributed by atoms with van der Waals surface area (Å²) >= 11 is 6.34. The van der Waals surface area contributed by atoms with Crippen molar-refractivity contribution in [1.82, 2.24) is 9.97 Å². The van der Waals surface area contributed by atoms with Crippen LogP contribution in [0.15, 0.2) is 47.0 Å². The van der Waals surface area contributed by atoms with E-state index in [1.165, 1.54) is 19.2 Å². The summed E-state index contributed by atoms with van der Waals surface area (Å²) in [5.74, 6) is -1.12. The first-order valence-corrected chi connectivity index (χ1v) is 11.6. The molecule has 0 radical (unpaired) electrons. The number of anilines is 1. The zero-order chi connectivity index (χ0) is 28.3. The van der Waals surface area contributed by atoms with Crippen LogP contribution in [0.2, 0.25) is 5.02 Å². The molecule has 0 fully saturated rings. The Hall–Kier alpha value is -4.63. The number of carboxylic acid groups (broad SMARTS) is 1. The highest BCUT2D eigenvalue weighted by Crippen LogP contribution is 2.37. The molecule has 0 amide bonds. The molecule has 0 bridgehead atoms. The number of methoxy groups -OCH3 is 1. The SMILES string of the molecule is COc1cc(Cl)c(-c2cnc(C(F)(F)F)cc2C#N)cc1C(=O)CNc1cccc2nc(CCC(=O)O)oc12. The molecular formula is C26H18ClF3N4O5. The number of fused-ring (bicyclic) bond motifs is 1. The van der Waals surface area contributed by atoms with E-state index in [1.807, 2.05) is 0 Å². The summed E-state index contributed by atoms with van der Waals surface area (Å²) in [6.45, 7) is -0.252. The van der Waals surface area contributed by atoms with Crippen LogP contribution in [0.3, 0.4) is 0 Å². The second-order valence-electron chi connectivity index (χ2n) is 8.19. The van der Waals surface area contributed by atoms with Gasteiger partial charge in [0.1, 0.15) is 17.0 Å². The first kappa shape index (κ1) is 27.4. The van der Waals surface area contributed by atoms with Crippen molar-refractivity contribution < 1.29 is 37.0 Å². The van der Waals surface area contributed by atoms with Crippen molar-refractivity contribution in [3.05, 3.63) is 70.3 Å². The molecule has 13 heteroatoms. The number of nitriles is 1. The number of aliphatic carboxylic acids is 1. The van der Waals surface area contributed by atoms with Gasteiger partial charge in [-0.05, 0) is 24.3 Å². The van der Waals surface area contributed by atoms with Crippen LogP contribution in [0, 0.1) is 11.3 Å². The lowest BCUT2D eigenvalue weighted by Gasteiger charge is -2.14. The van der Waals surface area contributed by atoms with Gasteiger partial charge in [-0.25, -0.2) is 4.98 Å². The fraction of sp³-hybridized carbons (Fsp3) is 0.192. The number of aryl methyl sites for hydroxylation is 1. The molecule has 0 atom stereocenters. The molecule has 4 aromatic rings. The molecule has 200 valence electrons. The molecule has 4 rings (SSSR count). The largest absolute Gasteiger partial charge is 0.496 e. The van der Waals surface area contributed by atoms with E-state index in [0.717, 1.165) is 6.20 Å². The maximum atomic E-state index is 13.2. The van der Waals surface area contributed by atoms with Gasteiger partial charge < -0.3 is 19.6 Å². The number of pyridine rings is 1. The minimum atomic E-state index is -4.75. The Morgan fingerprint density at radius 2 is 2.00 bits per heavy atom. The quantitative estimate of drug-likeness (QED) is 0.246. The van der Waals surface area contributed by atoms with Crippen LogP contribution in [0.5, 0.6) is 5.75 Å². The summed E-state index contributed by atoms with van der Waals surface area (Å²) in [5, 5.41) is 21.3. The van der Waals surface area contributed by atoms with Gasteiger partial charge in [0.25, 0.3) is 0 Å². The summed E-state index contributed by atoms with van der Waals surface area (Å²) < 4.78 is 50.2. The summed E-state index contributed by atoms with van der Waals surface area (Å²) in [6.07, 6.45) is -3.93. The van der Waals surface area contributed by atoms with Crippen LogP contribution in [-0.2, 0) is 17.4 Å². The van der Waals surface area contributed by atoms with Crippen molar-refractivity contribution in [3.8, 4) is 22.9 Å². The summed E-state index contributed by atoms with van der Waals surface area (Å²) in [6, 6.07) is 9.99. The molecule has 39 heavy (non-hydrogen) atoms. The highest BCUT2D eigenvalue weighted by atomic mass is 35.5. The summed E-state index contributed by atoms with van der Waals surface area (Å²) in [5.41, 5.74) is -0.124. The fourth-order valence-electron chi connectivity index (χ4n) is 3.79. The van der Waals surface area contributed by atoms with Crippen molar-refractivity contribution in [2.45, 2.75) is 19.0 Å². The van der Waals surface area contributed by atoms with Gasteiger partial charge in [0, 0.05) is 29.8 Å². The number of ether oxygens (including phenoxy) is 1. The van der Waals surface area contributed by atoms with Crippen LogP contribution < -0.4 is 10.1 Å². The minimum Gasteiger partial charge on any atom is -0.496 e. The topological polar surface area (TPSA) is 138 Å². The minimum absolute atomic E-state index is 0.0143. The van der Waals surface area contributed by atoms with Gasteiger partial charge in [-0.3, -0.25) is 14.6 Å². The van der Waals surface area contributed by atoms with E-state index in [-0.39, 0.29) is 58.3 Å². The predicted octanol–water partition coefficient (Wildman–Crippen LogP) is 5.75. The molecule has 0 aliphatic heterocycles. The number of hydrogen-bond donors (Lipinski definition) is 2. The molecule has 0 aliphatic rings. The highest BCUT2D eigenvalue weighted by Gasteiger charge is 2.33. The third-order valence-electron chi connectivity index (χ3n) is 5.65. The van der Waals surface area contributed by atoms with Gasteiger partial charge in [0.15, 0.2) is 17.3 Å². The Kier molecular flexibility index (Phi) is 7.73. The number of carbonyl (C=O) groups is 2. The van der Waals surface area contributed by atoms with Gasteiger partial charge in [0.05, 0.1) is 48.0 Å². The number of halogens is 4. The Labute approximate surface area is 223 Å². The van der Waals surface area contributed by atoms with E-state index in [2.05, 4.69) is 15.3 Å². The molecule has 2 heterocycles. The lowest BCUT2D eigenvalue weighted by atomic mass is 9.97. The Balaban J connectivity index is 1.64. The predicted molar refractivity (Wildman–Crippen MR) is 134 cm³/mol. The number of ketones is 1. The van der Waals surface area contributed by atoms with E-state index in [9.17, 15) is 28.0 Å². The van der Waals surface area contributed by atoms with E-state index in [0.29, 0.717) is 22.9 Å². The number of nitrogens with one attached hydrogen (secondary N) is 1. The molecule has 0 spiro atoms. The fourth-order valence-corrected chi connectivity index (χ4v) is 4.05. The first-order chi connectivity index (χ1) is 18.5. The van der Waals surface area contributed by atoms with Crippen molar-refractivity contribution in [2.75, 3.05) is 19.0 Å². The van der Waals surface area contributed by atoms with Crippen LogP contribution in [0.1, 0.15) is 33.9 Å². The monoisotopic (exact) mass is 558 g/mol. The van der Waals surface area contributed by atoms with Crippen molar-refractivity contribution in [2.24, 2.45) is 0 Å². The maximum Gasteiger partial charge on any atom is 0.433 e. The number of aromatic nitrogens is 2. The molecule has 0 saturated heterocycles. The van der Waals surface area contributed by atoms with Crippen LogP contribution in [0.4, 0.5) is 18.9 Å². The van der Waals surface area contributed by atoms with E-state index in [1.54, 1.807) is 24.3 Å². The Bertz CT molecular complexity index is 1630. The van der Waals surface area contributed by atoms with Crippen LogP contribution in [-0.4, -0.2) is 40.5 Å². The molecule has 2 N–H and O–H groups in total. The Morgan fingerprint density at radius 1 is 1.23 bits per heavy atom. The first-order valence-electron chi connectivity index (χ1n) is 11.2. The number of alkyl halides is 3. The number of Topliss-reactive ketones (excluding diaryl/α,β-unsaturated/α-hetero) is 1. The number of rotatable bonds is 9. The summed E-state index contributed by atoms with van der Waals surface area (Å²) in [4.78, 5) is 31.7. The third-order valence-corrected chi connectivity index (χ3v) is 5.96. The lowest BCUT2D eigenvalue weighted by Crippen LogP contribution is -2.15. The highest BCUT2D eigenvalue weighted by molar-refractivity contribution is 6.33. The molecule has 2 aromatic heterocycles. The van der Waals surface area contributed by atoms with Gasteiger partial charge >= 0.3 is 12.1 Å². The Morgan fingerprint density at radius 3 is 2.67 bits per heavy atom. The second kappa shape index (κ2) is 11.0. The molecule has 0 unspecified atom stereocenters. The number of carbonyl (C=O) groups excluding carboxylic acids is 1. The van der Waals surface area contributed by atoms with Gasteiger partial charge in [-0.15, -0.1) is 0 Å². The van der Waals surface area contributed by atoms with E-state index in [4.69, 9.17) is 25.9 Å². The average molecular weight is 559 g/mol. The van der Waals surface area contributed by atoms with Gasteiger partial charge in [-0.1, -0.05) is 17.7 Å². The maximum absolute atomic E-state index is 13.2. The number of hydrogen-bond acceptors (Lipinski definition) is 8.